The summed E-state index contributed by atoms with van der Waals surface area (Å²) in [5.41, 5.74) is 1.41. The summed E-state index contributed by atoms with van der Waals surface area (Å²) in [5.74, 6) is 0. The van der Waals surface area contributed by atoms with Crippen LogP contribution < -0.4 is 5.30 Å². The van der Waals surface area contributed by atoms with Crippen molar-refractivity contribution >= 4 is 14.5 Å². The highest BCUT2D eigenvalue weighted by atomic mass is 31.0. The highest BCUT2D eigenvalue weighted by Crippen LogP contribution is 1.98. The first-order chi connectivity index (χ1) is 4.33. The topological polar surface area (TPSA) is 0 Å². The minimum Gasteiger partial charge on any atom is -0.106 e. The minimum absolute atomic E-state index is 1.13. The van der Waals surface area contributed by atoms with E-state index in [9.17, 15) is 0 Å². The molecule has 0 spiro atoms. The van der Waals surface area contributed by atoms with Crippen molar-refractivity contribution in [3.8, 4) is 0 Å². The summed E-state index contributed by atoms with van der Waals surface area (Å²) in [6.45, 7) is 2.17. The first-order valence-corrected chi connectivity index (χ1v) is 3.75. The maximum Gasteiger partial charge on any atom is -0.0300 e. The maximum atomic E-state index is 2.69. The number of hydrogen-bond donors (Lipinski definition) is 0. The maximum absolute atomic E-state index is 2.69. The number of hydrogen-bond acceptors (Lipinski definition) is 0. The van der Waals surface area contributed by atoms with E-state index >= 15 is 0 Å². The lowest BCUT2D eigenvalue weighted by Crippen LogP contribution is -1.90. The average molecular weight is 138 g/mol. The fourth-order valence-electron chi connectivity index (χ4n) is 0.813. The van der Waals surface area contributed by atoms with E-state index in [0.29, 0.717) is 0 Å². The standard InChI is InChI=1S/C8H11P/c1-2-7-4-3-5-8(9)6-7/h3-6H,2,9H2,1H3. The lowest BCUT2D eigenvalue weighted by molar-refractivity contribution is 1.14. The van der Waals surface area contributed by atoms with Crippen LogP contribution in [0.25, 0.3) is 0 Å². The van der Waals surface area contributed by atoms with Gasteiger partial charge in [0.25, 0.3) is 0 Å². The number of rotatable bonds is 1. The molecule has 0 bridgehead atoms. The van der Waals surface area contributed by atoms with Gasteiger partial charge in [0.15, 0.2) is 0 Å². The van der Waals surface area contributed by atoms with Gasteiger partial charge in [0.05, 0.1) is 0 Å². The molecule has 0 aliphatic rings. The lowest BCUT2D eigenvalue weighted by atomic mass is 10.2. The van der Waals surface area contributed by atoms with E-state index in [0.717, 1.165) is 6.42 Å². The van der Waals surface area contributed by atoms with E-state index in [1.165, 1.54) is 10.9 Å². The van der Waals surface area contributed by atoms with Crippen LogP contribution in [0.2, 0.25) is 0 Å². The smallest absolute Gasteiger partial charge is 0.0300 e. The normalized spacial score (nSPS) is 9.56. The second-order valence-corrected chi connectivity index (χ2v) is 2.77. The van der Waals surface area contributed by atoms with Crippen molar-refractivity contribution in [2.75, 3.05) is 0 Å². The summed E-state index contributed by atoms with van der Waals surface area (Å²) in [7, 11) is 2.69. The zero-order chi connectivity index (χ0) is 6.69. The lowest BCUT2D eigenvalue weighted by Gasteiger charge is -1.95. The first-order valence-electron chi connectivity index (χ1n) is 3.17. The molecule has 1 unspecified atom stereocenters. The summed E-state index contributed by atoms with van der Waals surface area (Å²) in [6, 6.07) is 8.50. The van der Waals surface area contributed by atoms with Gasteiger partial charge in [-0.05, 0) is 17.3 Å². The molecule has 0 radical (unpaired) electrons. The van der Waals surface area contributed by atoms with E-state index in [4.69, 9.17) is 0 Å². The Morgan fingerprint density at radius 2 is 2.22 bits per heavy atom. The zero-order valence-electron chi connectivity index (χ0n) is 5.59. The van der Waals surface area contributed by atoms with Gasteiger partial charge in [-0.2, -0.15) is 0 Å². The van der Waals surface area contributed by atoms with Crippen molar-refractivity contribution in [1.29, 1.82) is 0 Å². The molecular weight excluding hydrogens is 127 g/mol. The highest BCUT2D eigenvalue weighted by Gasteiger charge is 1.85. The molecule has 1 rings (SSSR count). The SMILES string of the molecule is CCc1cccc(P)c1. The Balaban J connectivity index is 2.94. The molecule has 0 saturated heterocycles. The molecule has 0 aliphatic heterocycles. The van der Waals surface area contributed by atoms with E-state index in [1.807, 2.05) is 0 Å². The third-order valence-corrected chi connectivity index (χ3v) is 1.72. The van der Waals surface area contributed by atoms with Crippen molar-refractivity contribution in [2.24, 2.45) is 0 Å². The largest absolute Gasteiger partial charge is 0.106 e. The van der Waals surface area contributed by atoms with Crippen molar-refractivity contribution in [2.45, 2.75) is 13.3 Å². The van der Waals surface area contributed by atoms with Gasteiger partial charge >= 0.3 is 0 Å². The molecular formula is C8H11P. The third-order valence-electron chi connectivity index (χ3n) is 1.36. The van der Waals surface area contributed by atoms with Gasteiger partial charge in [-0.3, -0.25) is 0 Å². The molecule has 0 nitrogen and oxygen atoms in total. The summed E-state index contributed by atoms with van der Waals surface area (Å²) in [4.78, 5) is 0. The summed E-state index contributed by atoms with van der Waals surface area (Å²) >= 11 is 0. The van der Waals surface area contributed by atoms with Crippen molar-refractivity contribution in [1.82, 2.24) is 0 Å². The van der Waals surface area contributed by atoms with Crippen LogP contribution in [0.1, 0.15) is 12.5 Å². The second kappa shape index (κ2) is 2.98. The Labute approximate surface area is 58.5 Å². The molecule has 1 atom stereocenters. The van der Waals surface area contributed by atoms with Crippen molar-refractivity contribution in [3.05, 3.63) is 29.8 Å². The average Bonchev–Trinajstić information content (AvgIpc) is 1.88. The molecule has 9 heavy (non-hydrogen) atoms. The molecule has 0 fully saturated rings. The van der Waals surface area contributed by atoms with E-state index in [2.05, 4.69) is 40.4 Å². The zero-order valence-corrected chi connectivity index (χ0v) is 6.75. The van der Waals surface area contributed by atoms with Gasteiger partial charge in [0.1, 0.15) is 0 Å². The molecule has 1 aromatic rings. The summed E-state index contributed by atoms with van der Waals surface area (Å²) < 4.78 is 0. The monoisotopic (exact) mass is 138 g/mol. The Morgan fingerprint density at radius 3 is 2.67 bits per heavy atom. The Hall–Kier alpha value is -0.350. The van der Waals surface area contributed by atoms with E-state index < -0.39 is 0 Å². The highest BCUT2D eigenvalue weighted by molar-refractivity contribution is 7.27. The first kappa shape index (κ1) is 6.77. The fraction of sp³-hybridized carbons (Fsp3) is 0.250. The van der Waals surface area contributed by atoms with E-state index in [1.54, 1.807) is 0 Å². The van der Waals surface area contributed by atoms with Crippen molar-refractivity contribution < 1.29 is 0 Å². The molecule has 0 aliphatic carbocycles. The molecule has 0 N–H and O–H groups in total. The summed E-state index contributed by atoms with van der Waals surface area (Å²) in [6.07, 6.45) is 1.13. The Bertz CT molecular complexity index is 194. The van der Waals surface area contributed by atoms with Gasteiger partial charge < -0.3 is 0 Å². The summed E-state index contributed by atoms with van der Waals surface area (Å²) in [5, 5.41) is 1.27. The van der Waals surface area contributed by atoms with Crippen molar-refractivity contribution in [3.63, 3.8) is 0 Å². The quantitative estimate of drug-likeness (QED) is 0.518. The Kier molecular flexibility index (Phi) is 2.24. The van der Waals surface area contributed by atoms with Gasteiger partial charge in [-0.25, -0.2) is 0 Å². The van der Waals surface area contributed by atoms with Crippen LogP contribution in [0.15, 0.2) is 24.3 Å². The van der Waals surface area contributed by atoms with Gasteiger partial charge in [0, 0.05) is 0 Å². The third kappa shape index (κ3) is 1.80. The van der Waals surface area contributed by atoms with Gasteiger partial charge in [0.2, 0.25) is 0 Å². The van der Waals surface area contributed by atoms with Crippen LogP contribution in [-0.4, -0.2) is 0 Å². The van der Waals surface area contributed by atoms with Crippen LogP contribution in [0.5, 0.6) is 0 Å². The van der Waals surface area contributed by atoms with Gasteiger partial charge in [-0.1, -0.05) is 31.2 Å². The van der Waals surface area contributed by atoms with Gasteiger partial charge in [-0.15, -0.1) is 9.24 Å². The van der Waals surface area contributed by atoms with Crippen LogP contribution in [0, 0.1) is 0 Å². The van der Waals surface area contributed by atoms with Crippen LogP contribution in [0.4, 0.5) is 0 Å². The van der Waals surface area contributed by atoms with Crippen LogP contribution in [-0.2, 0) is 6.42 Å². The molecule has 0 aromatic heterocycles. The molecule has 1 heteroatoms. The second-order valence-electron chi connectivity index (χ2n) is 2.10. The van der Waals surface area contributed by atoms with E-state index in [-0.39, 0.29) is 0 Å². The fourth-order valence-corrected chi connectivity index (χ4v) is 1.14. The number of benzene rings is 1. The predicted molar refractivity (Wildman–Crippen MR) is 45.2 cm³/mol. The number of aryl methyl sites for hydroxylation is 1. The molecule has 0 saturated carbocycles. The predicted octanol–water partition coefficient (Wildman–Crippen LogP) is 1.75. The molecule has 0 heterocycles. The van der Waals surface area contributed by atoms with Crippen LogP contribution in [0.3, 0.4) is 0 Å². The minimum atomic E-state index is 1.13. The van der Waals surface area contributed by atoms with Crippen LogP contribution >= 0.6 is 9.24 Å². The molecule has 48 valence electrons. The molecule has 0 amide bonds. The Morgan fingerprint density at radius 1 is 1.44 bits per heavy atom. The molecule has 1 aromatic carbocycles.